The number of nitrogens with one attached hydrogen (secondary N) is 1. The molecule has 4 nitrogen and oxygen atoms in total. The Hall–Kier alpha value is -2.05. The van der Waals surface area contributed by atoms with Crippen molar-refractivity contribution in [3.63, 3.8) is 0 Å². The van der Waals surface area contributed by atoms with Crippen molar-refractivity contribution in [1.82, 2.24) is 14.9 Å². The van der Waals surface area contributed by atoms with Gasteiger partial charge in [-0.2, -0.15) is 13.2 Å². The van der Waals surface area contributed by atoms with Gasteiger partial charge in [0.2, 0.25) is 5.91 Å². The summed E-state index contributed by atoms with van der Waals surface area (Å²) in [5.74, 6) is -0.567. The average molecular weight is 299 g/mol. The number of alkyl halides is 3. The summed E-state index contributed by atoms with van der Waals surface area (Å²) in [6.45, 7) is 1.00. The summed E-state index contributed by atoms with van der Waals surface area (Å²) in [6.07, 6.45) is -3.52. The van der Waals surface area contributed by atoms with Gasteiger partial charge in [0, 0.05) is 19.5 Å². The van der Waals surface area contributed by atoms with Gasteiger partial charge in [0.05, 0.1) is 23.8 Å². The maximum Gasteiger partial charge on any atom is 0.389 e. The number of aromatic nitrogens is 2. The standard InChI is InChI=1S/C14H16F3N3O/c15-14(16,17)7-6-13(21)18-8-3-9-20-10-19-11-4-1-2-5-12(11)20/h1-2,4-5,10H,3,6-9H2,(H,18,21). The number of nitrogens with zero attached hydrogens (tertiary/aromatic N) is 2. The van der Waals surface area contributed by atoms with Gasteiger partial charge in [-0.25, -0.2) is 4.98 Å². The number of carbonyl (C=O) groups is 1. The summed E-state index contributed by atoms with van der Waals surface area (Å²) in [6, 6.07) is 7.68. The number of aryl methyl sites for hydroxylation is 1. The van der Waals surface area contributed by atoms with E-state index in [2.05, 4.69) is 10.3 Å². The zero-order valence-corrected chi connectivity index (χ0v) is 11.4. The number of imidazole rings is 1. The van der Waals surface area contributed by atoms with Crippen LogP contribution in [0.2, 0.25) is 0 Å². The molecule has 0 aliphatic carbocycles. The molecule has 0 bridgehead atoms. The molecule has 114 valence electrons. The van der Waals surface area contributed by atoms with E-state index in [1.165, 1.54) is 0 Å². The molecule has 0 saturated carbocycles. The van der Waals surface area contributed by atoms with Crippen LogP contribution in [0.4, 0.5) is 13.2 Å². The first-order chi connectivity index (χ1) is 9.96. The number of hydrogen-bond acceptors (Lipinski definition) is 2. The molecule has 1 N–H and O–H groups in total. The number of rotatable bonds is 6. The van der Waals surface area contributed by atoms with Crippen LogP contribution in [0.25, 0.3) is 11.0 Å². The maximum atomic E-state index is 11.9. The van der Waals surface area contributed by atoms with E-state index in [1.807, 2.05) is 28.8 Å². The Morgan fingerprint density at radius 1 is 1.29 bits per heavy atom. The summed E-state index contributed by atoms with van der Waals surface area (Å²) in [5.41, 5.74) is 1.90. The molecule has 0 aliphatic heterocycles. The summed E-state index contributed by atoms with van der Waals surface area (Å²) in [4.78, 5) is 15.5. The highest BCUT2D eigenvalue weighted by Crippen LogP contribution is 2.20. The molecular weight excluding hydrogens is 283 g/mol. The van der Waals surface area contributed by atoms with Crippen molar-refractivity contribution in [2.24, 2.45) is 0 Å². The fourth-order valence-corrected chi connectivity index (χ4v) is 2.01. The number of carbonyl (C=O) groups excluding carboxylic acids is 1. The van der Waals surface area contributed by atoms with Gasteiger partial charge in [-0.3, -0.25) is 4.79 Å². The Morgan fingerprint density at radius 2 is 2.05 bits per heavy atom. The molecule has 0 saturated heterocycles. The molecule has 0 unspecified atom stereocenters. The minimum atomic E-state index is -4.28. The van der Waals surface area contributed by atoms with Gasteiger partial charge in [-0.1, -0.05) is 12.1 Å². The van der Waals surface area contributed by atoms with Gasteiger partial charge < -0.3 is 9.88 Å². The topological polar surface area (TPSA) is 46.9 Å². The molecule has 1 amide bonds. The summed E-state index contributed by atoms with van der Waals surface area (Å²) < 4.78 is 37.8. The molecule has 0 spiro atoms. The summed E-state index contributed by atoms with van der Waals surface area (Å²) >= 11 is 0. The first kappa shape index (κ1) is 15.3. The highest BCUT2D eigenvalue weighted by atomic mass is 19.4. The van der Waals surface area contributed by atoms with Crippen LogP contribution in [0.1, 0.15) is 19.3 Å². The summed E-state index contributed by atoms with van der Waals surface area (Å²) in [7, 11) is 0. The number of hydrogen-bond donors (Lipinski definition) is 1. The molecule has 2 aromatic rings. The minimum Gasteiger partial charge on any atom is -0.356 e. The van der Waals surface area contributed by atoms with Crippen molar-refractivity contribution >= 4 is 16.9 Å². The molecule has 0 radical (unpaired) electrons. The number of halogens is 3. The minimum absolute atomic E-state index is 0.350. The van der Waals surface area contributed by atoms with E-state index >= 15 is 0 Å². The largest absolute Gasteiger partial charge is 0.389 e. The fraction of sp³-hybridized carbons (Fsp3) is 0.429. The van der Waals surface area contributed by atoms with Crippen LogP contribution in [0.3, 0.4) is 0 Å². The number of fused-ring (bicyclic) bond motifs is 1. The molecule has 2 rings (SSSR count). The van der Waals surface area contributed by atoms with Crippen molar-refractivity contribution in [1.29, 1.82) is 0 Å². The van der Waals surface area contributed by atoms with Crippen molar-refractivity contribution < 1.29 is 18.0 Å². The highest BCUT2D eigenvalue weighted by molar-refractivity contribution is 5.76. The Labute approximate surface area is 120 Å². The first-order valence-electron chi connectivity index (χ1n) is 6.69. The van der Waals surface area contributed by atoms with Crippen LogP contribution in [-0.2, 0) is 11.3 Å². The molecule has 1 aromatic carbocycles. The average Bonchev–Trinajstić information content (AvgIpc) is 2.84. The van der Waals surface area contributed by atoms with Crippen molar-refractivity contribution in [3.05, 3.63) is 30.6 Å². The van der Waals surface area contributed by atoms with E-state index in [0.29, 0.717) is 19.5 Å². The highest BCUT2D eigenvalue weighted by Gasteiger charge is 2.27. The molecule has 21 heavy (non-hydrogen) atoms. The lowest BCUT2D eigenvalue weighted by molar-refractivity contribution is -0.144. The smallest absolute Gasteiger partial charge is 0.356 e. The van der Waals surface area contributed by atoms with Gasteiger partial charge in [0.25, 0.3) is 0 Å². The van der Waals surface area contributed by atoms with E-state index in [-0.39, 0.29) is 0 Å². The van der Waals surface area contributed by atoms with Crippen LogP contribution < -0.4 is 5.32 Å². The van der Waals surface area contributed by atoms with Crippen LogP contribution in [0, 0.1) is 0 Å². The third-order valence-corrected chi connectivity index (χ3v) is 3.06. The second kappa shape index (κ2) is 6.60. The molecule has 1 heterocycles. The van der Waals surface area contributed by atoms with E-state index in [4.69, 9.17) is 0 Å². The van der Waals surface area contributed by atoms with Gasteiger partial charge in [-0.15, -0.1) is 0 Å². The predicted molar refractivity (Wildman–Crippen MR) is 72.6 cm³/mol. The lowest BCUT2D eigenvalue weighted by Gasteiger charge is -2.08. The van der Waals surface area contributed by atoms with E-state index < -0.39 is 24.9 Å². The second-order valence-electron chi connectivity index (χ2n) is 4.75. The Balaban J connectivity index is 1.71. The Bertz CT molecular complexity index is 607. The Morgan fingerprint density at radius 3 is 2.81 bits per heavy atom. The molecule has 0 aliphatic rings. The predicted octanol–water partition coefficient (Wildman–Crippen LogP) is 2.89. The number of para-hydroxylation sites is 2. The number of benzene rings is 1. The lowest BCUT2D eigenvalue weighted by Crippen LogP contribution is -2.26. The van der Waals surface area contributed by atoms with Gasteiger partial charge in [0.15, 0.2) is 0 Å². The van der Waals surface area contributed by atoms with Crippen molar-refractivity contribution in [2.75, 3.05) is 6.54 Å². The van der Waals surface area contributed by atoms with Crippen LogP contribution >= 0.6 is 0 Å². The molecule has 0 fully saturated rings. The first-order valence-corrected chi connectivity index (χ1v) is 6.69. The van der Waals surface area contributed by atoms with Crippen LogP contribution in [0.5, 0.6) is 0 Å². The van der Waals surface area contributed by atoms with Gasteiger partial charge >= 0.3 is 6.18 Å². The third-order valence-electron chi connectivity index (χ3n) is 3.06. The third kappa shape index (κ3) is 4.77. The monoisotopic (exact) mass is 299 g/mol. The molecule has 0 atom stereocenters. The van der Waals surface area contributed by atoms with Gasteiger partial charge in [-0.05, 0) is 18.6 Å². The zero-order valence-electron chi connectivity index (χ0n) is 11.4. The number of amides is 1. The van der Waals surface area contributed by atoms with Crippen molar-refractivity contribution in [3.8, 4) is 0 Å². The fourth-order valence-electron chi connectivity index (χ4n) is 2.01. The normalized spacial score (nSPS) is 11.8. The molecule has 7 heteroatoms. The summed E-state index contributed by atoms with van der Waals surface area (Å²) in [5, 5.41) is 2.49. The van der Waals surface area contributed by atoms with Crippen LogP contribution in [0.15, 0.2) is 30.6 Å². The molecule has 1 aromatic heterocycles. The van der Waals surface area contributed by atoms with Crippen LogP contribution in [-0.4, -0.2) is 28.2 Å². The molecular formula is C14H16F3N3O. The van der Waals surface area contributed by atoms with E-state index in [0.717, 1.165) is 11.0 Å². The SMILES string of the molecule is O=C(CCC(F)(F)F)NCCCn1cnc2ccccc21. The van der Waals surface area contributed by atoms with Crippen molar-refractivity contribution in [2.45, 2.75) is 32.0 Å². The maximum absolute atomic E-state index is 11.9. The quantitative estimate of drug-likeness (QED) is 0.834. The lowest BCUT2D eigenvalue weighted by atomic mass is 10.3. The van der Waals surface area contributed by atoms with E-state index in [1.54, 1.807) is 6.33 Å². The second-order valence-corrected chi connectivity index (χ2v) is 4.75. The van der Waals surface area contributed by atoms with E-state index in [9.17, 15) is 18.0 Å². The zero-order chi connectivity index (χ0) is 15.3. The Kier molecular flexibility index (Phi) is 4.82. The van der Waals surface area contributed by atoms with Gasteiger partial charge in [0.1, 0.15) is 0 Å².